The minimum atomic E-state index is -1.15. The van der Waals surface area contributed by atoms with Crippen LogP contribution in [0.15, 0.2) is 18.2 Å². The van der Waals surface area contributed by atoms with Crippen LogP contribution in [-0.4, -0.2) is 35.2 Å². The van der Waals surface area contributed by atoms with Gasteiger partial charge in [-0.3, -0.25) is 0 Å². The van der Waals surface area contributed by atoms with E-state index in [1.807, 2.05) is 11.8 Å². The van der Waals surface area contributed by atoms with Gasteiger partial charge in [0, 0.05) is 30.2 Å². The van der Waals surface area contributed by atoms with Crippen molar-refractivity contribution in [3.8, 4) is 0 Å². The highest BCUT2D eigenvalue weighted by atomic mass is 32.2. The zero-order chi connectivity index (χ0) is 15.4. The van der Waals surface area contributed by atoms with Gasteiger partial charge in [0.05, 0.1) is 0 Å². The van der Waals surface area contributed by atoms with Gasteiger partial charge in [0.15, 0.2) is 0 Å². The Hall–Kier alpha value is -1.56. The van der Waals surface area contributed by atoms with Crippen LogP contribution >= 0.6 is 11.8 Å². The van der Waals surface area contributed by atoms with Crippen LogP contribution in [0, 0.1) is 11.6 Å². The zero-order valence-electron chi connectivity index (χ0n) is 11.7. The molecule has 1 heterocycles. The van der Waals surface area contributed by atoms with E-state index in [4.69, 9.17) is 5.11 Å². The SMILES string of the molecule is CCC1CN(c2c(F)cc(/C=C/C(=O)O)cc2F)CCS1. The summed E-state index contributed by atoms with van der Waals surface area (Å²) in [6, 6.07) is 2.33. The number of aliphatic carboxylic acids is 1. The average Bonchev–Trinajstić information content (AvgIpc) is 2.44. The molecule has 1 saturated heterocycles. The van der Waals surface area contributed by atoms with Gasteiger partial charge in [0.1, 0.15) is 17.3 Å². The van der Waals surface area contributed by atoms with Crippen molar-refractivity contribution < 1.29 is 18.7 Å². The number of nitrogens with zero attached hydrogens (tertiary/aromatic N) is 1. The largest absolute Gasteiger partial charge is 0.478 e. The minimum absolute atomic E-state index is 0.0128. The van der Waals surface area contributed by atoms with Crippen LogP contribution in [0.3, 0.4) is 0 Å². The maximum atomic E-state index is 14.2. The molecule has 2 rings (SSSR count). The van der Waals surface area contributed by atoms with Crippen molar-refractivity contribution in [1.29, 1.82) is 0 Å². The Morgan fingerprint density at radius 2 is 2.14 bits per heavy atom. The first-order valence-electron chi connectivity index (χ1n) is 6.78. The predicted octanol–water partition coefficient (Wildman–Crippen LogP) is 3.39. The first-order valence-corrected chi connectivity index (χ1v) is 7.82. The van der Waals surface area contributed by atoms with Crippen molar-refractivity contribution in [1.82, 2.24) is 0 Å². The summed E-state index contributed by atoms with van der Waals surface area (Å²) in [6.45, 7) is 3.30. The molecular weight excluding hydrogens is 296 g/mol. The van der Waals surface area contributed by atoms with Crippen molar-refractivity contribution in [2.75, 3.05) is 23.7 Å². The second-order valence-corrected chi connectivity index (χ2v) is 6.26. The Morgan fingerprint density at radius 3 is 2.71 bits per heavy atom. The lowest BCUT2D eigenvalue weighted by Gasteiger charge is -2.34. The molecule has 114 valence electrons. The second-order valence-electron chi connectivity index (χ2n) is 4.85. The topological polar surface area (TPSA) is 40.5 Å². The molecule has 1 aliphatic rings. The zero-order valence-corrected chi connectivity index (χ0v) is 12.5. The number of carbonyl (C=O) groups is 1. The van der Waals surface area contributed by atoms with E-state index >= 15 is 0 Å². The van der Waals surface area contributed by atoms with Crippen molar-refractivity contribution in [3.63, 3.8) is 0 Å². The third-order valence-corrected chi connectivity index (χ3v) is 4.74. The number of anilines is 1. The van der Waals surface area contributed by atoms with Gasteiger partial charge < -0.3 is 10.0 Å². The maximum absolute atomic E-state index is 14.2. The summed E-state index contributed by atoms with van der Waals surface area (Å²) < 4.78 is 28.4. The number of hydrogen-bond acceptors (Lipinski definition) is 3. The molecule has 6 heteroatoms. The number of halogens is 2. The first-order chi connectivity index (χ1) is 10.0. The molecule has 3 nitrogen and oxygen atoms in total. The van der Waals surface area contributed by atoms with Gasteiger partial charge in [-0.05, 0) is 30.2 Å². The van der Waals surface area contributed by atoms with Gasteiger partial charge in [-0.2, -0.15) is 11.8 Å². The lowest BCUT2D eigenvalue weighted by Crippen LogP contribution is -2.38. The van der Waals surface area contributed by atoms with Crippen LogP contribution in [0.5, 0.6) is 0 Å². The van der Waals surface area contributed by atoms with Gasteiger partial charge in [-0.25, -0.2) is 13.6 Å². The fraction of sp³-hybridized carbons (Fsp3) is 0.400. The summed E-state index contributed by atoms with van der Waals surface area (Å²) in [5.74, 6) is -1.61. The van der Waals surface area contributed by atoms with Crippen LogP contribution in [0.2, 0.25) is 0 Å². The van der Waals surface area contributed by atoms with Gasteiger partial charge in [-0.1, -0.05) is 6.92 Å². The van der Waals surface area contributed by atoms with E-state index in [0.29, 0.717) is 18.3 Å². The summed E-state index contributed by atoms with van der Waals surface area (Å²) in [5.41, 5.74) is 0.191. The van der Waals surface area contributed by atoms with Gasteiger partial charge in [-0.15, -0.1) is 0 Å². The molecule has 1 N–H and O–H groups in total. The average molecular weight is 313 g/mol. The maximum Gasteiger partial charge on any atom is 0.328 e. The van der Waals surface area contributed by atoms with E-state index in [9.17, 15) is 13.6 Å². The van der Waals surface area contributed by atoms with Crippen LogP contribution in [0.4, 0.5) is 14.5 Å². The summed E-state index contributed by atoms with van der Waals surface area (Å²) in [5, 5.41) is 8.92. The molecule has 0 spiro atoms. The summed E-state index contributed by atoms with van der Waals surface area (Å²) >= 11 is 1.82. The van der Waals surface area contributed by atoms with Crippen LogP contribution < -0.4 is 4.90 Å². The second kappa shape index (κ2) is 6.93. The van der Waals surface area contributed by atoms with Crippen LogP contribution in [0.25, 0.3) is 6.08 Å². The summed E-state index contributed by atoms with van der Waals surface area (Å²) in [4.78, 5) is 12.2. The molecule has 1 aromatic rings. The van der Waals surface area contributed by atoms with Crippen LogP contribution in [0.1, 0.15) is 18.9 Å². The fourth-order valence-corrected chi connectivity index (χ4v) is 3.50. The molecule has 1 aromatic carbocycles. The fourth-order valence-electron chi connectivity index (χ4n) is 2.32. The summed E-state index contributed by atoms with van der Waals surface area (Å²) in [6.07, 6.45) is 3.00. The van der Waals surface area contributed by atoms with Crippen molar-refractivity contribution >= 4 is 29.5 Å². The number of carboxylic acids is 1. The number of thioether (sulfide) groups is 1. The highest BCUT2D eigenvalue weighted by Gasteiger charge is 2.24. The highest BCUT2D eigenvalue weighted by molar-refractivity contribution is 8.00. The number of rotatable bonds is 4. The smallest absolute Gasteiger partial charge is 0.328 e. The standard InChI is InChI=1S/C15H17F2NO2S/c1-2-11-9-18(5-6-21-11)15-12(16)7-10(8-13(15)17)3-4-14(19)20/h3-4,7-8,11H,2,5-6,9H2,1H3,(H,19,20)/b4-3+. The van der Waals surface area contributed by atoms with E-state index in [2.05, 4.69) is 6.92 Å². The molecule has 21 heavy (non-hydrogen) atoms. The van der Waals surface area contributed by atoms with E-state index in [1.54, 1.807) is 4.90 Å². The molecule has 0 aliphatic carbocycles. The molecule has 1 atom stereocenters. The Bertz CT molecular complexity index is 540. The Morgan fingerprint density at radius 1 is 1.48 bits per heavy atom. The Balaban J connectivity index is 2.26. The molecule has 1 aliphatic heterocycles. The van der Waals surface area contributed by atoms with E-state index in [1.165, 1.54) is 18.2 Å². The number of carboxylic acid groups (broad SMARTS) is 1. The van der Waals surface area contributed by atoms with E-state index in [-0.39, 0.29) is 11.3 Å². The predicted molar refractivity (Wildman–Crippen MR) is 81.8 cm³/mol. The molecule has 1 fully saturated rings. The normalized spacial score (nSPS) is 19.2. The summed E-state index contributed by atoms with van der Waals surface area (Å²) in [7, 11) is 0. The molecule has 1 unspecified atom stereocenters. The molecule has 0 saturated carbocycles. The van der Waals surface area contributed by atoms with E-state index in [0.717, 1.165) is 18.2 Å². The third-order valence-electron chi connectivity index (χ3n) is 3.37. The van der Waals surface area contributed by atoms with Gasteiger partial charge >= 0.3 is 5.97 Å². The first kappa shape index (κ1) is 15.8. The molecule has 0 radical (unpaired) electrons. The van der Waals surface area contributed by atoms with E-state index < -0.39 is 17.6 Å². The van der Waals surface area contributed by atoms with Crippen LogP contribution in [-0.2, 0) is 4.79 Å². The minimum Gasteiger partial charge on any atom is -0.478 e. The molecule has 0 bridgehead atoms. The number of benzene rings is 1. The van der Waals surface area contributed by atoms with Gasteiger partial charge in [0.2, 0.25) is 0 Å². The third kappa shape index (κ3) is 3.97. The quantitative estimate of drug-likeness (QED) is 0.865. The monoisotopic (exact) mass is 313 g/mol. The van der Waals surface area contributed by atoms with Crippen molar-refractivity contribution in [3.05, 3.63) is 35.4 Å². The molecular formula is C15H17F2NO2S. The van der Waals surface area contributed by atoms with Gasteiger partial charge in [0.25, 0.3) is 0 Å². The molecule has 0 aromatic heterocycles. The lowest BCUT2D eigenvalue weighted by molar-refractivity contribution is -0.131. The lowest BCUT2D eigenvalue weighted by atomic mass is 10.1. The Labute approximate surface area is 126 Å². The van der Waals surface area contributed by atoms with Crippen molar-refractivity contribution in [2.24, 2.45) is 0 Å². The highest BCUT2D eigenvalue weighted by Crippen LogP contribution is 2.30. The number of hydrogen-bond donors (Lipinski definition) is 1. The van der Waals surface area contributed by atoms with Crippen molar-refractivity contribution in [2.45, 2.75) is 18.6 Å². The Kier molecular flexibility index (Phi) is 5.22. The molecule has 0 amide bonds.